The second-order valence-corrected chi connectivity index (χ2v) is 9.75. The Morgan fingerprint density at radius 1 is 0.872 bits per heavy atom. The topological polar surface area (TPSA) is 102 Å². The summed E-state index contributed by atoms with van der Waals surface area (Å²) in [6, 6.07) is 9.51. The molecular formula is C27H31F3N2O7. The number of hydrogen-bond donors (Lipinski definition) is 0. The van der Waals surface area contributed by atoms with E-state index in [2.05, 4.69) is 4.74 Å². The minimum Gasteiger partial charge on any atom is -0.496 e. The highest BCUT2D eigenvalue weighted by Crippen LogP contribution is 2.28. The third kappa shape index (κ3) is 8.20. The van der Waals surface area contributed by atoms with E-state index in [1.54, 1.807) is 59.7 Å². The number of aryl methyl sites for hydroxylation is 2. The Morgan fingerprint density at radius 2 is 1.46 bits per heavy atom. The second kappa shape index (κ2) is 12.2. The number of nitrogens with zero attached hydrogens (tertiary/aromatic N) is 2. The number of ether oxygens (including phenoxy) is 3. The zero-order chi connectivity index (χ0) is 29.7. The van der Waals surface area contributed by atoms with Gasteiger partial charge in [0, 0.05) is 16.7 Å². The van der Waals surface area contributed by atoms with Gasteiger partial charge >= 0.3 is 18.2 Å². The van der Waals surface area contributed by atoms with Gasteiger partial charge in [-0.15, -0.1) is 5.01 Å². The smallest absolute Gasteiger partial charge is 0.439 e. The highest BCUT2D eigenvalue weighted by atomic mass is 19.4. The molecule has 0 unspecified atom stereocenters. The monoisotopic (exact) mass is 552 g/mol. The number of amides is 3. The van der Waals surface area contributed by atoms with Gasteiger partial charge in [0.2, 0.25) is 6.79 Å². The summed E-state index contributed by atoms with van der Waals surface area (Å²) in [6.45, 7) is 8.62. The molecule has 2 rings (SSSR count). The molecule has 0 aliphatic heterocycles. The van der Waals surface area contributed by atoms with E-state index in [1.807, 2.05) is 6.07 Å². The molecule has 0 radical (unpaired) electrons. The van der Waals surface area contributed by atoms with E-state index in [-0.39, 0.29) is 11.1 Å². The van der Waals surface area contributed by atoms with Gasteiger partial charge in [0.15, 0.2) is 0 Å². The van der Waals surface area contributed by atoms with Crippen LogP contribution in [0.4, 0.5) is 18.0 Å². The molecule has 0 saturated heterocycles. The number of rotatable bonds is 6. The van der Waals surface area contributed by atoms with Crippen molar-refractivity contribution in [2.45, 2.75) is 59.7 Å². The van der Waals surface area contributed by atoms with Crippen LogP contribution in [0, 0.1) is 20.8 Å². The maximum atomic E-state index is 13.8. The summed E-state index contributed by atoms with van der Waals surface area (Å²) in [6.07, 6.45) is -8.17. The van der Waals surface area contributed by atoms with Crippen molar-refractivity contribution in [3.05, 3.63) is 64.2 Å². The number of benzene rings is 2. The van der Waals surface area contributed by atoms with Gasteiger partial charge in [-0.25, -0.2) is 9.80 Å². The van der Waals surface area contributed by atoms with Gasteiger partial charge in [-0.05, 0) is 65.8 Å². The molecular weight excluding hydrogens is 521 g/mol. The first kappa shape index (κ1) is 31.1. The predicted octanol–water partition coefficient (Wildman–Crippen LogP) is 5.51. The number of alkyl halides is 3. The molecule has 0 spiro atoms. The average Bonchev–Trinajstić information content (AvgIpc) is 2.79. The van der Waals surface area contributed by atoms with E-state index in [1.165, 1.54) is 19.2 Å². The zero-order valence-electron chi connectivity index (χ0n) is 22.8. The third-order valence-corrected chi connectivity index (χ3v) is 5.34. The molecule has 0 aromatic heterocycles. The number of methoxy groups -OCH3 is 1. The largest absolute Gasteiger partial charge is 0.496 e. The Labute approximate surface area is 224 Å². The molecule has 0 aliphatic carbocycles. The first-order chi connectivity index (χ1) is 18.0. The van der Waals surface area contributed by atoms with Crippen molar-refractivity contribution in [1.29, 1.82) is 0 Å². The van der Waals surface area contributed by atoms with Crippen LogP contribution in [-0.2, 0) is 14.3 Å². The lowest BCUT2D eigenvalue weighted by molar-refractivity contribution is -0.177. The van der Waals surface area contributed by atoms with Crippen LogP contribution in [0.25, 0.3) is 0 Å². The molecule has 212 valence electrons. The van der Waals surface area contributed by atoms with Crippen molar-refractivity contribution in [2.24, 2.45) is 0 Å². The summed E-state index contributed by atoms with van der Waals surface area (Å²) in [5, 5.41) is 1.34. The Kier molecular flexibility index (Phi) is 9.72. The maximum Gasteiger partial charge on any atom is 0.439 e. The van der Waals surface area contributed by atoms with Crippen LogP contribution in [0.5, 0.6) is 5.75 Å². The van der Waals surface area contributed by atoms with Gasteiger partial charge < -0.3 is 14.2 Å². The minimum atomic E-state index is -4.83. The molecule has 0 bridgehead atoms. The summed E-state index contributed by atoms with van der Waals surface area (Å²) in [7, 11) is 1.39. The summed E-state index contributed by atoms with van der Waals surface area (Å²) in [4.78, 5) is 52.4. The second-order valence-electron chi connectivity index (χ2n) is 9.75. The summed E-state index contributed by atoms with van der Waals surface area (Å²) in [5.74, 6) is -3.06. The molecule has 0 N–H and O–H groups in total. The fourth-order valence-electron chi connectivity index (χ4n) is 3.77. The number of esters is 1. The van der Waals surface area contributed by atoms with Crippen molar-refractivity contribution >= 4 is 23.9 Å². The van der Waals surface area contributed by atoms with E-state index in [9.17, 15) is 32.3 Å². The minimum absolute atomic E-state index is 0.0113. The van der Waals surface area contributed by atoms with Crippen LogP contribution < -0.4 is 4.74 Å². The standard InChI is InChI=1S/C27H31F3N2O7/c1-16-11-17(2)13-19(12-16)23(34)32(26(4,5)6)31(24(35)20-9-8-10-21(37-7)18(20)3)25(36)39-15-38-22(33)14-27(28,29)30/h8-13H,14-15H2,1-7H3. The lowest BCUT2D eigenvalue weighted by atomic mass is 10.0. The van der Waals surface area contributed by atoms with Crippen LogP contribution in [0.15, 0.2) is 36.4 Å². The Balaban J connectivity index is 2.56. The van der Waals surface area contributed by atoms with Crippen molar-refractivity contribution in [3.8, 4) is 5.75 Å². The van der Waals surface area contributed by atoms with Crippen LogP contribution in [0.3, 0.4) is 0 Å². The zero-order valence-corrected chi connectivity index (χ0v) is 22.8. The van der Waals surface area contributed by atoms with Gasteiger partial charge in [-0.3, -0.25) is 14.4 Å². The van der Waals surface area contributed by atoms with Gasteiger partial charge in [0.25, 0.3) is 11.8 Å². The lowest BCUT2D eigenvalue weighted by Gasteiger charge is -2.41. The molecule has 0 atom stereocenters. The number of hydrazine groups is 1. The average molecular weight is 553 g/mol. The number of carbonyl (C=O) groups excluding carboxylic acids is 4. The van der Waals surface area contributed by atoms with Gasteiger partial charge in [-0.1, -0.05) is 23.3 Å². The van der Waals surface area contributed by atoms with Crippen molar-refractivity contribution in [1.82, 2.24) is 10.0 Å². The Bertz CT molecular complexity index is 1230. The first-order valence-electron chi connectivity index (χ1n) is 11.8. The molecule has 0 saturated carbocycles. The molecule has 2 aromatic rings. The normalized spacial score (nSPS) is 11.4. The maximum absolute atomic E-state index is 13.8. The van der Waals surface area contributed by atoms with Crippen molar-refractivity contribution in [2.75, 3.05) is 13.9 Å². The van der Waals surface area contributed by atoms with E-state index in [4.69, 9.17) is 9.47 Å². The van der Waals surface area contributed by atoms with Crippen LogP contribution in [0.1, 0.15) is 64.6 Å². The number of imide groups is 1. The molecule has 3 amide bonds. The van der Waals surface area contributed by atoms with E-state index in [0.29, 0.717) is 16.3 Å². The van der Waals surface area contributed by atoms with E-state index < -0.39 is 48.8 Å². The Hall–Kier alpha value is -4.09. The van der Waals surface area contributed by atoms with Gasteiger partial charge in [0.05, 0.1) is 12.6 Å². The molecule has 0 fully saturated rings. The van der Waals surface area contributed by atoms with E-state index >= 15 is 0 Å². The molecule has 2 aromatic carbocycles. The Morgan fingerprint density at radius 3 is 1.97 bits per heavy atom. The SMILES string of the molecule is COc1cccc(C(=O)N(C(=O)OCOC(=O)CC(F)(F)F)N(C(=O)c2cc(C)cc(C)c2)C(C)(C)C)c1C. The number of halogens is 3. The molecule has 0 heterocycles. The number of carbonyl (C=O) groups is 4. The predicted molar refractivity (Wildman–Crippen MR) is 134 cm³/mol. The van der Waals surface area contributed by atoms with Gasteiger partial charge in [0.1, 0.15) is 12.2 Å². The lowest BCUT2D eigenvalue weighted by Crippen LogP contribution is -2.60. The molecule has 12 heteroatoms. The fourth-order valence-corrected chi connectivity index (χ4v) is 3.77. The fraction of sp³-hybridized carbons (Fsp3) is 0.407. The molecule has 0 aliphatic rings. The first-order valence-corrected chi connectivity index (χ1v) is 11.8. The van der Waals surface area contributed by atoms with Crippen LogP contribution in [-0.4, -0.2) is 59.5 Å². The van der Waals surface area contributed by atoms with Crippen molar-refractivity contribution in [3.63, 3.8) is 0 Å². The summed E-state index contributed by atoms with van der Waals surface area (Å²) < 4.78 is 51.8. The summed E-state index contributed by atoms with van der Waals surface area (Å²) >= 11 is 0. The quantitative estimate of drug-likeness (QED) is 0.265. The highest BCUT2D eigenvalue weighted by molar-refractivity contribution is 6.07. The third-order valence-electron chi connectivity index (χ3n) is 5.34. The molecule has 9 nitrogen and oxygen atoms in total. The molecule has 39 heavy (non-hydrogen) atoms. The van der Waals surface area contributed by atoms with Crippen LogP contribution >= 0.6 is 0 Å². The summed E-state index contributed by atoms with van der Waals surface area (Å²) in [5.41, 5.74) is 0.839. The van der Waals surface area contributed by atoms with Crippen LogP contribution in [0.2, 0.25) is 0 Å². The van der Waals surface area contributed by atoms with Gasteiger partial charge in [-0.2, -0.15) is 13.2 Å². The number of hydrogen-bond acceptors (Lipinski definition) is 7. The van der Waals surface area contributed by atoms with Crippen molar-refractivity contribution < 1.29 is 46.6 Å². The van der Waals surface area contributed by atoms with E-state index in [0.717, 1.165) is 16.1 Å². The highest BCUT2D eigenvalue weighted by Gasteiger charge is 2.42.